The van der Waals surface area contributed by atoms with Crippen LogP contribution in [0.1, 0.15) is 37.4 Å². The Bertz CT molecular complexity index is 1350. The molecule has 37 heavy (non-hydrogen) atoms. The van der Waals surface area contributed by atoms with Crippen LogP contribution in [-0.2, 0) is 0 Å². The number of allylic oxidation sites excluding steroid dienone is 2. The number of nitrogens with zero attached hydrogens (tertiary/aromatic N) is 3. The Hall–Kier alpha value is -3.18. The molecular weight excluding hydrogens is 557 g/mol. The molecule has 7 rings (SSSR count). The van der Waals surface area contributed by atoms with Crippen LogP contribution in [0, 0.1) is 5.92 Å². The van der Waals surface area contributed by atoms with Gasteiger partial charge in [0, 0.05) is 0 Å². The van der Waals surface area contributed by atoms with Gasteiger partial charge in [-0.05, 0) is 17.7 Å². The summed E-state index contributed by atoms with van der Waals surface area (Å²) >= 11 is -0.517. The zero-order valence-electron chi connectivity index (χ0n) is 20.9. The van der Waals surface area contributed by atoms with Crippen LogP contribution < -0.4 is 12.1 Å². The number of hydrogen-bond donors (Lipinski definition) is 0. The van der Waals surface area contributed by atoms with Gasteiger partial charge < -0.3 is 15.6 Å². The van der Waals surface area contributed by atoms with Gasteiger partial charge in [-0.3, -0.25) is 0 Å². The summed E-state index contributed by atoms with van der Waals surface area (Å²) in [7, 11) is 0. The van der Waals surface area contributed by atoms with Crippen LogP contribution >= 0.6 is 0 Å². The number of aromatic nitrogens is 1. The van der Waals surface area contributed by atoms with Gasteiger partial charge in [-0.1, -0.05) is 79.9 Å². The summed E-state index contributed by atoms with van der Waals surface area (Å²) in [4.78, 5) is 4.75. The van der Waals surface area contributed by atoms with E-state index in [2.05, 4.69) is 109 Å². The topological polar surface area (TPSA) is 42.3 Å². The molecule has 0 N–H and O–H groups in total. The summed E-state index contributed by atoms with van der Waals surface area (Å²) in [5, 5.41) is 11.1. The summed E-state index contributed by atoms with van der Waals surface area (Å²) in [5.41, 5.74) is 4.18. The van der Waals surface area contributed by atoms with Crippen molar-refractivity contribution in [3.05, 3.63) is 143 Å². The van der Waals surface area contributed by atoms with Crippen molar-refractivity contribution < 1.29 is 0 Å². The Morgan fingerprint density at radius 1 is 0.703 bits per heavy atom. The number of rotatable bonds is 4. The molecule has 1 aromatic heterocycles. The van der Waals surface area contributed by atoms with E-state index in [1.807, 2.05) is 6.07 Å². The van der Waals surface area contributed by atoms with Crippen LogP contribution in [-0.4, -0.2) is 27.2 Å². The molecule has 3 unspecified atom stereocenters. The average molecular weight is 587 g/mol. The van der Waals surface area contributed by atoms with Gasteiger partial charge in [0.05, 0.1) is 0 Å². The fraction of sp³-hybridized carbons (Fsp3) is 0.212. The molecule has 3 heterocycles. The zero-order valence-corrected chi connectivity index (χ0v) is 23.7. The van der Waals surface area contributed by atoms with Crippen molar-refractivity contribution in [2.75, 3.05) is 0 Å². The van der Waals surface area contributed by atoms with E-state index in [1.54, 1.807) is 0 Å². The summed E-state index contributed by atoms with van der Waals surface area (Å²) < 4.78 is 3.08. The number of hydrogen-bond acceptors (Lipinski definition) is 0. The molecule has 2 radical (unpaired) electrons. The number of benzene rings is 3. The molecule has 1 aliphatic carbocycles. The Balaban J connectivity index is 0.000000164. The third-order valence-corrected chi connectivity index (χ3v) is 10.7. The second-order valence-corrected chi connectivity index (χ2v) is 13.8. The van der Waals surface area contributed by atoms with Crippen molar-refractivity contribution in [2.45, 2.75) is 37.8 Å². The molecule has 3 nitrogen and oxygen atoms in total. The minimum atomic E-state index is -0.517. The van der Waals surface area contributed by atoms with Crippen molar-refractivity contribution in [2.24, 2.45) is 5.92 Å². The molecule has 184 valence electrons. The first-order valence-corrected chi connectivity index (χ1v) is 16.1. The monoisotopic (exact) mass is 588 g/mol. The van der Waals surface area contributed by atoms with E-state index in [0.29, 0.717) is 12.0 Å². The van der Waals surface area contributed by atoms with Crippen LogP contribution in [0.15, 0.2) is 127 Å². The predicted octanol–water partition coefficient (Wildman–Crippen LogP) is 6.84. The van der Waals surface area contributed by atoms with Crippen molar-refractivity contribution in [3.63, 3.8) is 0 Å². The first-order chi connectivity index (χ1) is 18.3. The standard InChI is InChI=1S/C21H20N3.2C6H5.Sn/c1-3-8-16-14(6-1)12-20(22-16)18-10-5-11-19(24-18)21-13-15-7-2-4-9-17(15)23-21;2*1-2-4-6-5-3-1;/h1,3,5-6,8,10-13,15,17-18H,2,4,7,9H2;2*1-5H;/q-3;;;. The average Bonchev–Trinajstić information content (AvgIpc) is 3.60. The second kappa shape index (κ2) is 11.5. The van der Waals surface area contributed by atoms with E-state index in [4.69, 9.17) is 15.6 Å². The van der Waals surface area contributed by atoms with Gasteiger partial charge in [0.25, 0.3) is 0 Å². The Morgan fingerprint density at radius 3 is 2.14 bits per heavy atom. The normalized spacial score (nSPS) is 22.1. The van der Waals surface area contributed by atoms with Crippen molar-refractivity contribution >= 4 is 39.2 Å². The van der Waals surface area contributed by atoms with Gasteiger partial charge in [0.1, 0.15) is 0 Å². The van der Waals surface area contributed by atoms with Crippen molar-refractivity contribution in [3.8, 4) is 0 Å². The minimum absolute atomic E-state index is 0.00359. The molecule has 4 aromatic rings. The molecule has 1 saturated carbocycles. The molecule has 0 amide bonds. The fourth-order valence-electron chi connectivity index (χ4n) is 5.28. The summed E-state index contributed by atoms with van der Waals surface area (Å²) in [5.74, 6) is 0.633. The first-order valence-electron chi connectivity index (χ1n) is 13.2. The van der Waals surface area contributed by atoms with Crippen LogP contribution in [0.5, 0.6) is 0 Å². The molecule has 1 fully saturated rings. The van der Waals surface area contributed by atoms with Gasteiger partial charge in [0.2, 0.25) is 0 Å². The van der Waals surface area contributed by atoms with E-state index in [9.17, 15) is 0 Å². The number of para-hydroxylation sites is 1. The molecule has 3 aromatic carbocycles. The zero-order chi connectivity index (χ0) is 24.9. The van der Waals surface area contributed by atoms with E-state index in [-0.39, 0.29) is 6.04 Å². The molecule has 0 spiro atoms. The van der Waals surface area contributed by atoms with Crippen molar-refractivity contribution in [1.29, 1.82) is 0 Å². The third-order valence-electron chi connectivity index (χ3n) is 7.18. The molecular formula is C33H30N3Sn-3. The SMILES string of the molecule is C1=CC(c2cc3ccccc3[n-]2)[N-]C(C2=CC3CCCCC3[N-]2)=C1.c1cc[c]([Sn][c]2ccccc2)cc1. The van der Waals surface area contributed by atoms with E-state index < -0.39 is 21.1 Å². The third kappa shape index (κ3) is 5.88. The Kier molecular flexibility index (Phi) is 7.49. The van der Waals surface area contributed by atoms with Gasteiger partial charge in [-0.2, -0.15) is 17.1 Å². The van der Waals surface area contributed by atoms with Crippen LogP contribution in [0.2, 0.25) is 0 Å². The Morgan fingerprint density at radius 2 is 1.41 bits per heavy atom. The molecule has 2 aliphatic heterocycles. The molecule has 3 aliphatic rings. The molecule has 4 heteroatoms. The van der Waals surface area contributed by atoms with E-state index >= 15 is 0 Å². The summed E-state index contributed by atoms with van der Waals surface area (Å²) in [6, 6.07) is 32.5. The van der Waals surface area contributed by atoms with Gasteiger partial charge in [-0.15, -0.1) is 11.6 Å². The van der Waals surface area contributed by atoms with Crippen LogP contribution in [0.4, 0.5) is 0 Å². The van der Waals surface area contributed by atoms with Crippen LogP contribution in [0.25, 0.3) is 21.5 Å². The number of fused-ring (bicyclic) bond motifs is 2. The Labute approximate surface area is 230 Å². The summed E-state index contributed by atoms with van der Waals surface area (Å²) in [6.07, 6.45) is 13.8. The summed E-state index contributed by atoms with van der Waals surface area (Å²) in [6.45, 7) is 0. The fourth-order valence-corrected chi connectivity index (χ4v) is 8.28. The maximum atomic E-state index is 4.95. The maximum absolute atomic E-state index is 4.95. The predicted molar refractivity (Wildman–Crippen MR) is 156 cm³/mol. The first kappa shape index (κ1) is 24.2. The van der Waals surface area contributed by atoms with Crippen molar-refractivity contribution in [1.82, 2.24) is 4.98 Å². The van der Waals surface area contributed by atoms with Gasteiger partial charge in [-0.25, -0.2) is 0 Å². The molecule has 3 atom stereocenters. The van der Waals surface area contributed by atoms with Gasteiger partial charge >= 0.3 is 89.0 Å². The second-order valence-electron chi connectivity index (χ2n) is 9.80. The van der Waals surface area contributed by atoms with E-state index in [0.717, 1.165) is 22.6 Å². The van der Waals surface area contributed by atoms with Gasteiger partial charge in [0.15, 0.2) is 0 Å². The van der Waals surface area contributed by atoms with Crippen LogP contribution in [0.3, 0.4) is 0 Å². The molecule has 0 saturated heterocycles. The molecule has 0 bridgehead atoms. The quantitative estimate of drug-likeness (QED) is 0.241. The van der Waals surface area contributed by atoms with E-state index in [1.165, 1.54) is 38.2 Å².